The van der Waals surface area contributed by atoms with Crippen LogP contribution in [0.2, 0.25) is 0 Å². The predicted octanol–water partition coefficient (Wildman–Crippen LogP) is 0.335. The zero-order chi connectivity index (χ0) is 21.1. The highest BCUT2D eigenvalue weighted by molar-refractivity contribution is 5.76. The number of amides is 1. The van der Waals surface area contributed by atoms with Gasteiger partial charge in [-0.1, -0.05) is 11.6 Å². The van der Waals surface area contributed by atoms with E-state index in [-0.39, 0.29) is 37.7 Å². The number of nitrogens with two attached hydrogens (primary N) is 1. The largest absolute Gasteiger partial charge is 0.465 e. The fourth-order valence-electron chi connectivity index (χ4n) is 3.79. The normalized spacial score (nSPS) is 34.8. The van der Waals surface area contributed by atoms with Gasteiger partial charge >= 0.3 is 5.97 Å². The van der Waals surface area contributed by atoms with Gasteiger partial charge in [0, 0.05) is 15.6 Å². The Bertz CT molecular complexity index is 719. The van der Waals surface area contributed by atoms with Crippen LogP contribution in [0.25, 0.3) is 0 Å². The third-order valence-electron chi connectivity index (χ3n) is 5.18. The quantitative estimate of drug-likeness (QED) is 0.445. The van der Waals surface area contributed by atoms with Crippen molar-refractivity contribution >= 4 is 11.9 Å². The minimum absolute atomic E-state index is 0.0193. The van der Waals surface area contributed by atoms with Crippen molar-refractivity contribution in [2.45, 2.75) is 57.4 Å². The molecule has 0 spiro atoms. The van der Waals surface area contributed by atoms with Gasteiger partial charge in [0.25, 0.3) is 0 Å². The number of esters is 1. The molecule has 3 rings (SSSR count). The molecular weight excluding hydrogens is 336 g/mol. The van der Waals surface area contributed by atoms with Gasteiger partial charge in [-0.3, -0.25) is 9.59 Å². The second-order valence-electron chi connectivity index (χ2n) is 7.07. The summed E-state index contributed by atoms with van der Waals surface area (Å²) in [6.45, 7) is -1.84. The number of aromatic amines is 1. The van der Waals surface area contributed by atoms with Gasteiger partial charge in [-0.2, -0.15) is 5.21 Å². The van der Waals surface area contributed by atoms with E-state index in [4.69, 9.17) is 14.6 Å². The number of ether oxygens (including phenoxy) is 1. The van der Waals surface area contributed by atoms with E-state index in [0.717, 1.165) is 19.3 Å². The van der Waals surface area contributed by atoms with E-state index < -0.39 is 24.4 Å². The molecule has 4 N–H and O–H groups in total. The molecule has 1 saturated carbocycles. The average molecular weight is 367 g/mol. The third-order valence-corrected chi connectivity index (χ3v) is 5.18. The number of aryl methyl sites for hydroxylation is 1. The number of fused-ring (bicyclic) bond motifs is 1. The minimum Gasteiger partial charge on any atom is -0.465 e. The molecule has 0 bridgehead atoms. The number of tetrazole rings is 1. The molecule has 9 nitrogen and oxygen atoms in total. The number of hydrogen-bond acceptors (Lipinski definition) is 7. The Morgan fingerprint density at radius 1 is 1.35 bits per heavy atom. The van der Waals surface area contributed by atoms with E-state index in [9.17, 15) is 9.59 Å². The summed E-state index contributed by atoms with van der Waals surface area (Å²) >= 11 is 0. The summed E-state index contributed by atoms with van der Waals surface area (Å²) in [5.74, 6) is -0.610. The van der Waals surface area contributed by atoms with Crippen LogP contribution in [0.4, 0.5) is 0 Å². The second-order valence-corrected chi connectivity index (χ2v) is 7.07. The highest BCUT2D eigenvalue weighted by Crippen LogP contribution is 2.40. The van der Waals surface area contributed by atoms with Crippen LogP contribution in [0.15, 0.2) is 0 Å². The predicted molar refractivity (Wildman–Crippen MR) is 92.6 cm³/mol. The molecule has 1 aliphatic carbocycles. The zero-order valence-electron chi connectivity index (χ0n) is 17.7. The maximum Gasteiger partial charge on any atom is 0.323 e. The van der Waals surface area contributed by atoms with E-state index in [1.54, 1.807) is 0 Å². The second kappa shape index (κ2) is 9.07. The van der Waals surface area contributed by atoms with E-state index in [0.29, 0.717) is 24.6 Å². The molecule has 1 aromatic heterocycles. The van der Waals surface area contributed by atoms with Crippen molar-refractivity contribution in [3.63, 3.8) is 0 Å². The van der Waals surface area contributed by atoms with Gasteiger partial charge in [0.2, 0.25) is 5.91 Å². The molecule has 26 heavy (non-hydrogen) atoms. The Balaban J connectivity index is 1.59. The number of carbonyl (C=O) groups excluding carboxylic acids is 2. The Kier molecular flexibility index (Phi) is 5.25. The fraction of sp³-hybridized carbons (Fsp3) is 0.824. The maximum atomic E-state index is 12.5. The number of hydrogen-bond donors (Lipinski definition) is 3. The van der Waals surface area contributed by atoms with Gasteiger partial charge in [0.15, 0.2) is 5.82 Å². The van der Waals surface area contributed by atoms with Crippen LogP contribution >= 0.6 is 0 Å². The standard InChI is InChI=1S/C17H28N6O3/c18-15(24)2-1-7-26-17(25)14-9-13-8-11(3-5-12(13)10-19-14)4-6-16-20-22-23-21-16/h11-14,19H,1-10H2,(H2,18,24)(H,20,21,22,23)/t11-,12+,13-,14+/m1/s1/i10D2,14D. The lowest BCUT2D eigenvalue weighted by molar-refractivity contribution is -0.148. The summed E-state index contributed by atoms with van der Waals surface area (Å²) < 4.78 is 30.5. The number of aromatic nitrogens is 4. The lowest BCUT2D eigenvalue weighted by Crippen LogP contribution is -2.50. The Morgan fingerprint density at radius 2 is 2.23 bits per heavy atom. The average Bonchev–Trinajstić information content (AvgIpc) is 3.15. The van der Waals surface area contributed by atoms with Crippen LogP contribution < -0.4 is 11.1 Å². The van der Waals surface area contributed by atoms with Crippen LogP contribution in [0.1, 0.15) is 54.9 Å². The van der Waals surface area contributed by atoms with Crippen LogP contribution in [-0.2, 0) is 20.7 Å². The van der Waals surface area contributed by atoms with Crippen LogP contribution in [-0.4, -0.2) is 51.6 Å². The maximum absolute atomic E-state index is 12.5. The molecule has 144 valence electrons. The topological polar surface area (TPSA) is 136 Å². The monoisotopic (exact) mass is 367 g/mol. The third kappa shape index (κ3) is 5.23. The summed E-state index contributed by atoms with van der Waals surface area (Å²) in [7, 11) is 0. The number of primary amides is 1. The van der Waals surface area contributed by atoms with Crippen molar-refractivity contribution in [2.24, 2.45) is 23.5 Å². The molecular formula is C17H28N6O3. The van der Waals surface area contributed by atoms with Crippen molar-refractivity contribution in [1.29, 1.82) is 0 Å². The molecule has 1 amide bonds. The molecule has 0 radical (unpaired) electrons. The van der Waals surface area contributed by atoms with Gasteiger partial charge in [0.05, 0.1) is 7.98 Å². The molecule has 4 atom stereocenters. The first-order valence-electron chi connectivity index (χ1n) is 10.7. The van der Waals surface area contributed by atoms with Gasteiger partial charge in [-0.15, -0.1) is 10.2 Å². The van der Waals surface area contributed by atoms with Gasteiger partial charge in [-0.05, 0) is 56.4 Å². The summed E-state index contributed by atoms with van der Waals surface area (Å²) in [6.07, 6.45) is 4.48. The summed E-state index contributed by atoms with van der Waals surface area (Å²) in [6, 6.07) is -1.84. The molecule has 2 fully saturated rings. The number of carbonyl (C=O) groups is 2. The molecule has 1 aromatic rings. The number of rotatable bonds is 8. The summed E-state index contributed by atoms with van der Waals surface area (Å²) in [4.78, 5) is 23.3. The molecule has 0 aromatic carbocycles. The van der Waals surface area contributed by atoms with E-state index in [1.807, 2.05) is 0 Å². The molecule has 9 heteroatoms. The molecule has 0 unspecified atom stereocenters. The SMILES string of the molecule is [2H]C1([2H])N[C@]([2H])(C(=O)OCCCC(N)=O)C[C@H]2C[C@@H](CCc3nn[nH]n3)CC[C@H]21. The van der Waals surface area contributed by atoms with Gasteiger partial charge < -0.3 is 15.8 Å². The van der Waals surface area contributed by atoms with Gasteiger partial charge in [0.1, 0.15) is 6.02 Å². The van der Waals surface area contributed by atoms with E-state index >= 15 is 0 Å². The lowest BCUT2D eigenvalue weighted by atomic mass is 9.69. The molecule has 1 aliphatic heterocycles. The van der Waals surface area contributed by atoms with Crippen molar-refractivity contribution in [3.05, 3.63) is 5.82 Å². The first-order valence-corrected chi connectivity index (χ1v) is 9.17. The number of H-pyrrole nitrogens is 1. The van der Waals surface area contributed by atoms with Crippen molar-refractivity contribution in [2.75, 3.05) is 13.1 Å². The Hall–Kier alpha value is -2.03. The zero-order valence-corrected chi connectivity index (χ0v) is 14.7. The minimum atomic E-state index is -1.84. The van der Waals surface area contributed by atoms with Crippen molar-refractivity contribution in [1.82, 2.24) is 25.9 Å². The Labute approximate surface area is 157 Å². The number of nitrogens with one attached hydrogen (secondary N) is 2. The first kappa shape index (κ1) is 15.1. The van der Waals surface area contributed by atoms with Crippen molar-refractivity contribution < 1.29 is 18.4 Å². The molecule has 2 heterocycles. The molecule has 2 aliphatic rings. The van der Waals surface area contributed by atoms with Crippen LogP contribution in [0, 0.1) is 17.8 Å². The van der Waals surface area contributed by atoms with E-state index in [1.165, 1.54) is 0 Å². The fourth-order valence-corrected chi connectivity index (χ4v) is 3.79. The Morgan fingerprint density at radius 3 is 3.00 bits per heavy atom. The van der Waals surface area contributed by atoms with E-state index in [2.05, 4.69) is 25.9 Å². The highest BCUT2D eigenvalue weighted by atomic mass is 16.5. The number of nitrogens with zero attached hydrogens (tertiary/aromatic N) is 3. The summed E-state index contributed by atoms with van der Waals surface area (Å²) in [5, 5.41) is 16.5. The number of piperidine rings is 1. The molecule has 1 saturated heterocycles. The summed E-state index contributed by atoms with van der Waals surface area (Å²) in [5.41, 5.74) is 5.06. The van der Waals surface area contributed by atoms with Crippen molar-refractivity contribution in [3.8, 4) is 0 Å². The highest BCUT2D eigenvalue weighted by Gasteiger charge is 2.38. The van der Waals surface area contributed by atoms with Crippen LogP contribution in [0.5, 0.6) is 0 Å². The lowest BCUT2D eigenvalue weighted by Gasteiger charge is -2.42. The smallest absolute Gasteiger partial charge is 0.323 e. The van der Waals surface area contributed by atoms with Gasteiger partial charge in [-0.25, -0.2) is 0 Å². The van der Waals surface area contributed by atoms with Crippen LogP contribution in [0.3, 0.4) is 0 Å². The first-order chi connectivity index (χ1) is 13.7.